The van der Waals surface area contributed by atoms with Crippen LogP contribution in [0.4, 0.5) is 19.3 Å². The van der Waals surface area contributed by atoms with Gasteiger partial charge in [0.25, 0.3) is 0 Å². The Morgan fingerprint density at radius 1 is 1.39 bits per heavy atom. The van der Waals surface area contributed by atoms with E-state index in [2.05, 4.69) is 10.3 Å². The molecule has 0 unspecified atom stereocenters. The van der Waals surface area contributed by atoms with Crippen LogP contribution in [0.2, 0.25) is 5.02 Å². The summed E-state index contributed by atoms with van der Waals surface area (Å²) in [5.74, 6) is 0.331. The molecule has 168 valence electrons. The number of anilines is 1. The van der Waals surface area contributed by atoms with Crippen molar-refractivity contribution < 1.29 is 28.5 Å². The Labute approximate surface area is 183 Å². The number of carbonyl (C=O) groups excluding carboxylic acids is 1. The van der Waals surface area contributed by atoms with Crippen LogP contribution < -0.4 is 10.1 Å². The van der Waals surface area contributed by atoms with Crippen molar-refractivity contribution >= 4 is 23.3 Å². The highest BCUT2D eigenvalue weighted by molar-refractivity contribution is 6.31. The molecular weight excluding hydrogens is 432 g/mol. The molecule has 0 aliphatic carbocycles. The summed E-state index contributed by atoms with van der Waals surface area (Å²) < 4.78 is 33.6. The molecule has 3 N–H and O–H groups in total. The average Bonchev–Trinajstić information content (AvgIpc) is 2.78. The van der Waals surface area contributed by atoms with E-state index in [0.717, 1.165) is 0 Å². The summed E-state index contributed by atoms with van der Waals surface area (Å²) in [6.07, 6.45) is 0.146. The highest BCUT2D eigenvalue weighted by Crippen LogP contribution is 2.40. The minimum absolute atomic E-state index is 0.000843. The first-order valence-corrected chi connectivity index (χ1v) is 10.1. The molecule has 2 heterocycles. The monoisotopic (exact) mass is 455 g/mol. The number of methoxy groups -OCH3 is 1. The minimum atomic E-state index is -1.82. The number of hydrogen-bond donors (Lipinski definition) is 3. The van der Waals surface area contributed by atoms with E-state index in [-0.39, 0.29) is 36.6 Å². The number of pyridine rings is 1. The number of aliphatic hydroxyl groups is 2. The van der Waals surface area contributed by atoms with Gasteiger partial charge in [-0.1, -0.05) is 17.7 Å². The number of nitrogens with zero attached hydrogens (tertiary/aromatic N) is 2. The molecule has 0 spiro atoms. The number of nitrogens with one attached hydrogen (secondary N) is 1. The van der Waals surface area contributed by atoms with E-state index >= 15 is 4.39 Å². The third-order valence-corrected chi connectivity index (χ3v) is 5.66. The molecule has 1 aromatic carbocycles. The molecule has 0 radical (unpaired) electrons. The van der Waals surface area contributed by atoms with Gasteiger partial charge in [-0.05, 0) is 12.1 Å². The summed E-state index contributed by atoms with van der Waals surface area (Å²) in [7, 11) is 1.42. The average molecular weight is 456 g/mol. The van der Waals surface area contributed by atoms with Gasteiger partial charge >= 0.3 is 6.03 Å². The van der Waals surface area contributed by atoms with Crippen molar-refractivity contribution in [3.63, 3.8) is 0 Å². The zero-order valence-electron chi connectivity index (χ0n) is 16.9. The molecule has 1 aliphatic rings. The lowest BCUT2D eigenvalue weighted by atomic mass is 9.89. The number of rotatable bonds is 6. The Kier molecular flexibility index (Phi) is 7.30. The molecular formula is C21H24ClF2N3O4. The molecule has 1 saturated heterocycles. The smallest absolute Gasteiger partial charge is 0.321 e. The Morgan fingerprint density at radius 3 is 2.68 bits per heavy atom. The third kappa shape index (κ3) is 5.06. The highest BCUT2D eigenvalue weighted by atomic mass is 35.5. The van der Waals surface area contributed by atoms with Gasteiger partial charge in [0, 0.05) is 55.0 Å². The van der Waals surface area contributed by atoms with Gasteiger partial charge in [-0.3, -0.25) is 4.98 Å². The van der Waals surface area contributed by atoms with Gasteiger partial charge in [0.2, 0.25) is 0 Å². The van der Waals surface area contributed by atoms with Crippen LogP contribution in [0.1, 0.15) is 35.8 Å². The molecule has 1 aliphatic heterocycles. The summed E-state index contributed by atoms with van der Waals surface area (Å²) in [4.78, 5) is 18.1. The SMILES string of the molecule is COc1cc(NC(=O)N2CCC(F)(c3ncc([C@H](O)CO)cc3Cl)CC2)ccc1CF. The fraction of sp³-hybridized carbons (Fsp3) is 0.429. The van der Waals surface area contributed by atoms with Gasteiger partial charge in [0.1, 0.15) is 18.5 Å². The summed E-state index contributed by atoms with van der Waals surface area (Å²) >= 11 is 6.19. The molecule has 31 heavy (non-hydrogen) atoms. The second-order valence-corrected chi connectivity index (χ2v) is 7.75. The van der Waals surface area contributed by atoms with Gasteiger partial charge in [0.05, 0.1) is 24.4 Å². The van der Waals surface area contributed by atoms with E-state index in [1.165, 1.54) is 36.4 Å². The first-order valence-electron chi connectivity index (χ1n) is 9.74. The number of alkyl halides is 2. The number of aliphatic hydroxyl groups excluding tert-OH is 2. The summed E-state index contributed by atoms with van der Waals surface area (Å²) in [6.45, 7) is -0.897. The lowest BCUT2D eigenvalue weighted by Crippen LogP contribution is -2.45. The van der Waals surface area contributed by atoms with Crippen LogP contribution in [0, 0.1) is 0 Å². The van der Waals surface area contributed by atoms with Crippen LogP contribution in [-0.4, -0.2) is 52.9 Å². The van der Waals surface area contributed by atoms with Crippen LogP contribution in [-0.2, 0) is 12.3 Å². The van der Waals surface area contributed by atoms with Crippen LogP contribution in [0.3, 0.4) is 0 Å². The predicted molar refractivity (Wildman–Crippen MR) is 112 cm³/mol. The van der Waals surface area contributed by atoms with Gasteiger partial charge in [-0.2, -0.15) is 0 Å². The van der Waals surface area contributed by atoms with Crippen molar-refractivity contribution in [1.29, 1.82) is 0 Å². The summed E-state index contributed by atoms with van der Waals surface area (Å²) in [5, 5.41) is 21.5. The van der Waals surface area contributed by atoms with Crippen LogP contribution in [0.5, 0.6) is 5.75 Å². The van der Waals surface area contributed by atoms with Crippen molar-refractivity contribution in [1.82, 2.24) is 9.88 Å². The van der Waals surface area contributed by atoms with Crippen molar-refractivity contribution in [2.24, 2.45) is 0 Å². The highest BCUT2D eigenvalue weighted by Gasteiger charge is 2.40. The lowest BCUT2D eigenvalue weighted by Gasteiger charge is -2.36. The van der Waals surface area contributed by atoms with Crippen molar-refractivity contribution in [2.45, 2.75) is 31.3 Å². The standard InChI is InChI=1S/C21H24ClF2N3O4/c1-31-18-9-15(3-2-13(18)10-23)26-20(30)27-6-4-21(24,5-7-27)19-16(22)8-14(11-25-19)17(29)12-28/h2-3,8-9,11,17,28-29H,4-7,10,12H2,1H3,(H,26,30)/t17-/m1/s1. The van der Waals surface area contributed by atoms with Crippen molar-refractivity contribution in [2.75, 3.05) is 32.1 Å². The third-order valence-electron chi connectivity index (χ3n) is 5.37. The van der Waals surface area contributed by atoms with E-state index in [1.54, 1.807) is 6.07 Å². The number of amides is 2. The summed E-state index contributed by atoms with van der Waals surface area (Å²) in [6, 6.07) is 5.62. The second kappa shape index (κ2) is 9.76. The topological polar surface area (TPSA) is 94.9 Å². The van der Waals surface area contributed by atoms with E-state index in [1.807, 2.05) is 0 Å². The minimum Gasteiger partial charge on any atom is -0.496 e. The Hall–Kier alpha value is -2.49. The molecule has 2 amide bonds. The number of carbonyl (C=O) groups is 1. The predicted octanol–water partition coefficient (Wildman–Crippen LogP) is 3.73. The van der Waals surface area contributed by atoms with Gasteiger partial charge in [0.15, 0.2) is 5.67 Å². The second-order valence-electron chi connectivity index (χ2n) is 7.34. The lowest BCUT2D eigenvalue weighted by molar-refractivity contribution is 0.0679. The zero-order valence-corrected chi connectivity index (χ0v) is 17.7. The first-order chi connectivity index (χ1) is 14.8. The maximum Gasteiger partial charge on any atom is 0.321 e. The maximum atomic E-state index is 15.6. The number of halogens is 3. The Morgan fingerprint density at radius 2 is 2.10 bits per heavy atom. The van der Waals surface area contributed by atoms with Crippen LogP contribution in [0.25, 0.3) is 0 Å². The summed E-state index contributed by atoms with van der Waals surface area (Å²) in [5.41, 5.74) is -0.648. The molecule has 3 rings (SSSR count). The molecule has 7 nitrogen and oxygen atoms in total. The fourth-order valence-corrected chi connectivity index (χ4v) is 3.85. The van der Waals surface area contributed by atoms with E-state index < -0.39 is 31.1 Å². The molecule has 2 aromatic rings. The van der Waals surface area contributed by atoms with Gasteiger partial charge in [-0.15, -0.1) is 0 Å². The number of aromatic nitrogens is 1. The molecule has 0 saturated carbocycles. The van der Waals surface area contributed by atoms with E-state index in [4.69, 9.17) is 21.4 Å². The van der Waals surface area contributed by atoms with E-state index in [0.29, 0.717) is 22.6 Å². The number of likely N-dealkylation sites (tertiary alicyclic amines) is 1. The number of piperidine rings is 1. The normalized spacial score (nSPS) is 16.6. The molecule has 10 heteroatoms. The Bertz CT molecular complexity index is 939. The quantitative estimate of drug-likeness (QED) is 0.617. The van der Waals surface area contributed by atoms with Gasteiger partial charge in [-0.25, -0.2) is 13.6 Å². The Balaban J connectivity index is 1.65. The molecule has 1 fully saturated rings. The molecule has 1 aromatic heterocycles. The molecule has 0 bridgehead atoms. The van der Waals surface area contributed by atoms with E-state index in [9.17, 15) is 14.3 Å². The number of benzene rings is 1. The number of urea groups is 1. The largest absolute Gasteiger partial charge is 0.496 e. The fourth-order valence-electron chi connectivity index (χ4n) is 3.51. The van der Waals surface area contributed by atoms with Gasteiger partial charge < -0.3 is 25.2 Å². The molecule has 1 atom stereocenters. The van der Waals surface area contributed by atoms with Crippen LogP contribution in [0.15, 0.2) is 30.5 Å². The van der Waals surface area contributed by atoms with Crippen LogP contribution >= 0.6 is 11.6 Å². The van der Waals surface area contributed by atoms with Crippen molar-refractivity contribution in [3.8, 4) is 5.75 Å². The number of hydrogen-bond acceptors (Lipinski definition) is 5. The van der Waals surface area contributed by atoms with Crippen molar-refractivity contribution in [3.05, 3.63) is 52.3 Å². The first kappa shape index (κ1) is 23.2. The number of ether oxygens (including phenoxy) is 1. The zero-order chi connectivity index (χ0) is 22.6. The maximum absolute atomic E-state index is 15.6.